The van der Waals surface area contributed by atoms with E-state index in [1.807, 2.05) is 0 Å². The van der Waals surface area contributed by atoms with E-state index < -0.39 is 5.97 Å². The molecule has 0 aliphatic heterocycles. The average Bonchev–Trinajstić information content (AvgIpc) is 2.22. The van der Waals surface area contributed by atoms with Gasteiger partial charge in [0.15, 0.2) is 0 Å². The van der Waals surface area contributed by atoms with E-state index in [2.05, 4.69) is 15.9 Å². The van der Waals surface area contributed by atoms with Crippen molar-refractivity contribution in [3.8, 4) is 0 Å². The predicted octanol–water partition coefficient (Wildman–Crippen LogP) is 2.22. The van der Waals surface area contributed by atoms with Crippen LogP contribution < -0.4 is 5.73 Å². The molecule has 1 atom stereocenters. The van der Waals surface area contributed by atoms with Gasteiger partial charge in [0.1, 0.15) is 6.10 Å². The van der Waals surface area contributed by atoms with Gasteiger partial charge in [-0.1, -0.05) is 6.07 Å². The number of para-hydroxylation sites is 1. The lowest BCUT2D eigenvalue weighted by Crippen LogP contribution is -2.20. The normalized spacial score (nSPS) is 12.2. The Kier molecular flexibility index (Phi) is 4.76. The molecule has 1 rings (SSSR count). The number of hydrogen-bond donors (Lipinski definition) is 1. The molecule has 2 N–H and O–H groups in total. The van der Waals surface area contributed by atoms with Gasteiger partial charge in [-0.3, -0.25) is 0 Å². The molecule has 1 unspecified atom stereocenters. The van der Waals surface area contributed by atoms with Gasteiger partial charge in [0.05, 0.1) is 17.9 Å². The van der Waals surface area contributed by atoms with Gasteiger partial charge in [0.2, 0.25) is 0 Å². The first kappa shape index (κ1) is 13.0. The van der Waals surface area contributed by atoms with E-state index in [1.54, 1.807) is 32.2 Å². The van der Waals surface area contributed by atoms with Crippen LogP contribution >= 0.6 is 15.9 Å². The highest BCUT2D eigenvalue weighted by Gasteiger charge is 2.15. The molecule has 0 amide bonds. The van der Waals surface area contributed by atoms with Crippen LogP contribution in [0.1, 0.15) is 17.3 Å². The Balaban J connectivity index is 2.77. The van der Waals surface area contributed by atoms with E-state index in [1.165, 1.54) is 0 Å². The molecule has 16 heavy (non-hydrogen) atoms. The number of rotatable bonds is 4. The molecule has 0 saturated heterocycles. The standard InChI is InChI=1S/C11H14BrNO3/c1-7(6-15-2)16-11(14)8-4-3-5-9(12)10(8)13/h3-5,7H,6,13H2,1-2H3. The summed E-state index contributed by atoms with van der Waals surface area (Å²) in [5, 5.41) is 0. The van der Waals surface area contributed by atoms with Crippen molar-refractivity contribution >= 4 is 27.6 Å². The van der Waals surface area contributed by atoms with E-state index in [0.29, 0.717) is 22.3 Å². The highest BCUT2D eigenvalue weighted by Crippen LogP contribution is 2.23. The second-order valence-electron chi connectivity index (χ2n) is 3.37. The van der Waals surface area contributed by atoms with E-state index in [-0.39, 0.29) is 6.10 Å². The van der Waals surface area contributed by atoms with Crippen LogP contribution in [0.15, 0.2) is 22.7 Å². The van der Waals surface area contributed by atoms with Crippen molar-refractivity contribution in [2.24, 2.45) is 0 Å². The van der Waals surface area contributed by atoms with Crippen molar-refractivity contribution in [3.63, 3.8) is 0 Å². The molecular weight excluding hydrogens is 274 g/mol. The third kappa shape index (κ3) is 3.21. The smallest absolute Gasteiger partial charge is 0.340 e. The van der Waals surface area contributed by atoms with Crippen molar-refractivity contribution < 1.29 is 14.3 Å². The van der Waals surface area contributed by atoms with Gasteiger partial charge in [0, 0.05) is 11.6 Å². The van der Waals surface area contributed by atoms with Crippen LogP contribution in [-0.4, -0.2) is 25.8 Å². The van der Waals surface area contributed by atoms with Crippen LogP contribution in [0.25, 0.3) is 0 Å². The van der Waals surface area contributed by atoms with Crippen LogP contribution in [0, 0.1) is 0 Å². The summed E-state index contributed by atoms with van der Waals surface area (Å²) in [5.74, 6) is -0.441. The monoisotopic (exact) mass is 287 g/mol. The Bertz CT molecular complexity index is 381. The molecule has 0 saturated carbocycles. The zero-order valence-corrected chi connectivity index (χ0v) is 10.8. The number of halogens is 1. The van der Waals surface area contributed by atoms with Crippen molar-refractivity contribution in [1.82, 2.24) is 0 Å². The van der Waals surface area contributed by atoms with Gasteiger partial charge in [-0.2, -0.15) is 0 Å². The number of nitrogens with two attached hydrogens (primary N) is 1. The maximum absolute atomic E-state index is 11.7. The molecule has 0 fully saturated rings. The van der Waals surface area contributed by atoms with E-state index >= 15 is 0 Å². The summed E-state index contributed by atoms with van der Waals surface area (Å²) in [6, 6.07) is 5.13. The summed E-state index contributed by atoms with van der Waals surface area (Å²) in [6.07, 6.45) is -0.295. The Morgan fingerprint density at radius 1 is 1.56 bits per heavy atom. The molecule has 0 aliphatic rings. The Morgan fingerprint density at radius 3 is 2.88 bits per heavy atom. The highest BCUT2D eigenvalue weighted by atomic mass is 79.9. The molecule has 0 radical (unpaired) electrons. The molecule has 88 valence electrons. The fourth-order valence-corrected chi connectivity index (χ4v) is 1.60. The van der Waals surface area contributed by atoms with Crippen LogP contribution in [-0.2, 0) is 9.47 Å². The molecule has 1 aromatic carbocycles. The summed E-state index contributed by atoms with van der Waals surface area (Å²) in [5.41, 5.74) is 6.50. The van der Waals surface area contributed by atoms with E-state index in [0.717, 1.165) is 0 Å². The van der Waals surface area contributed by atoms with Crippen molar-refractivity contribution in [3.05, 3.63) is 28.2 Å². The molecule has 1 aromatic rings. The van der Waals surface area contributed by atoms with Crippen molar-refractivity contribution in [1.29, 1.82) is 0 Å². The lowest BCUT2D eigenvalue weighted by Gasteiger charge is -2.13. The number of carbonyl (C=O) groups is 1. The number of nitrogen functional groups attached to an aromatic ring is 1. The summed E-state index contributed by atoms with van der Waals surface area (Å²) in [4.78, 5) is 11.7. The third-order valence-electron chi connectivity index (χ3n) is 1.98. The van der Waals surface area contributed by atoms with Crippen LogP contribution in [0.2, 0.25) is 0 Å². The van der Waals surface area contributed by atoms with Gasteiger partial charge < -0.3 is 15.2 Å². The largest absolute Gasteiger partial charge is 0.457 e. The zero-order chi connectivity index (χ0) is 12.1. The number of ether oxygens (including phenoxy) is 2. The lowest BCUT2D eigenvalue weighted by atomic mass is 10.2. The van der Waals surface area contributed by atoms with Crippen molar-refractivity contribution in [2.45, 2.75) is 13.0 Å². The minimum atomic E-state index is -0.441. The predicted molar refractivity (Wildman–Crippen MR) is 65.3 cm³/mol. The number of esters is 1. The van der Waals surface area contributed by atoms with Crippen molar-refractivity contribution in [2.75, 3.05) is 19.5 Å². The fraction of sp³-hybridized carbons (Fsp3) is 0.364. The van der Waals surface area contributed by atoms with E-state index in [4.69, 9.17) is 15.2 Å². The van der Waals surface area contributed by atoms with Gasteiger partial charge in [-0.05, 0) is 35.0 Å². The first-order valence-corrected chi connectivity index (χ1v) is 5.59. The summed E-state index contributed by atoms with van der Waals surface area (Å²) >= 11 is 3.25. The van der Waals surface area contributed by atoms with Gasteiger partial charge in [-0.15, -0.1) is 0 Å². The second-order valence-corrected chi connectivity index (χ2v) is 4.23. The molecule has 0 spiro atoms. The minimum Gasteiger partial charge on any atom is -0.457 e. The lowest BCUT2D eigenvalue weighted by molar-refractivity contribution is 0.0121. The first-order valence-electron chi connectivity index (χ1n) is 4.80. The van der Waals surface area contributed by atoms with Gasteiger partial charge >= 0.3 is 5.97 Å². The first-order chi connectivity index (χ1) is 7.56. The van der Waals surface area contributed by atoms with Gasteiger partial charge in [0.25, 0.3) is 0 Å². The molecular formula is C11H14BrNO3. The number of hydrogen-bond acceptors (Lipinski definition) is 4. The SMILES string of the molecule is COCC(C)OC(=O)c1cccc(Br)c1N. The third-order valence-corrected chi connectivity index (χ3v) is 2.67. The maximum atomic E-state index is 11.7. The highest BCUT2D eigenvalue weighted by molar-refractivity contribution is 9.10. The molecule has 0 aromatic heterocycles. The Morgan fingerprint density at radius 2 is 2.25 bits per heavy atom. The minimum absolute atomic E-state index is 0.295. The number of anilines is 1. The van der Waals surface area contributed by atoms with Crippen LogP contribution in [0.5, 0.6) is 0 Å². The Hall–Kier alpha value is -1.07. The number of benzene rings is 1. The summed E-state index contributed by atoms with van der Waals surface area (Å²) in [7, 11) is 1.55. The molecule has 0 heterocycles. The maximum Gasteiger partial charge on any atom is 0.340 e. The molecule has 0 aliphatic carbocycles. The molecule has 5 heteroatoms. The van der Waals surface area contributed by atoms with E-state index in [9.17, 15) is 4.79 Å². The fourth-order valence-electron chi connectivity index (χ4n) is 1.23. The van der Waals surface area contributed by atoms with Crippen LogP contribution in [0.3, 0.4) is 0 Å². The number of methoxy groups -OCH3 is 1. The second kappa shape index (κ2) is 5.86. The summed E-state index contributed by atoms with van der Waals surface area (Å²) < 4.78 is 10.7. The summed E-state index contributed by atoms with van der Waals surface area (Å²) in [6.45, 7) is 2.12. The van der Waals surface area contributed by atoms with Gasteiger partial charge in [-0.25, -0.2) is 4.79 Å². The average molecular weight is 288 g/mol. The number of carbonyl (C=O) groups excluding carboxylic acids is 1. The Labute approximate surface area is 103 Å². The topological polar surface area (TPSA) is 61.5 Å². The van der Waals surface area contributed by atoms with Crippen LogP contribution in [0.4, 0.5) is 5.69 Å². The molecule has 4 nitrogen and oxygen atoms in total. The molecule has 0 bridgehead atoms. The quantitative estimate of drug-likeness (QED) is 0.681. The zero-order valence-electron chi connectivity index (χ0n) is 9.20.